The van der Waals surface area contributed by atoms with E-state index in [9.17, 15) is 14.9 Å². The number of nitriles is 1. The number of nitrogens with zero attached hydrogens (tertiary/aromatic N) is 3. The summed E-state index contributed by atoms with van der Waals surface area (Å²) in [5.74, 6) is 0.223. The van der Waals surface area contributed by atoms with E-state index in [0.29, 0.717) is 11.3 Å². The minimum absolute atomic E-state index is 0.0657. The smallest absolute Gasteiger partial charge is 0.333 e. The molecular weight excluding hydrogens is 382 g/mol. The molecule has 0 unspecified atom stereocenters. The van der Waals surface area contributed by atoms with E-state index in [1.165, 1.54) is 11.6 Å². The van der Waals surface area contributed by atoms with E-state index < -0.39 is 28.7 Å². The SMILES string of the molecule is Cn1c2c(c(=O)n(C)c1=O)[C@H]1c3ccccc3OC[C@@]1(C#N)[C@H](c1ccccc1)O2. The fourth-order valence-corrected chi connectivity index (χ4v) is 4.66. The van der Waals surface area contributed by atoms with Crippen molar-refractivity contribution in [3.05, 3.63) is 92.1 Å². The van der Waals surface area contributed by atoms with Crippen molar-refractivity contribution in [2.75, 3.05) is 6.61 Å². The lowest BCUT2D eigenvalue weighted by Gasteiger charge is -2.47. The average Bonchev–Trinajstić information content (AvgIpc) is 2.80. The Morgan fingerprint density at radius 2 is 1.73 bits per heavy atom. The first-order valence-corrected chi connectivity index (χ1v) is 9.64. The first-order chi connectivity index (χ1) is 14.5. The Morgan fingerprint density at radius 1 is 1.03 bits per heavy atom. The largest absolute Gasteiger partial charge is 0.491 e. The summed E-state index contributed by atoms with van der Waals surface area (Å²) in [4.78, 5) is 25.9. The van der Waals surface area contributed by atoms with Crippen molar-refractivity contribution >= 4 is 0 Å². The molecule has 7 heteroatoms. The molecule has 0 saturated carbocycles. The van der Waals surface area contributed by atoms with E-state index in [1.54, 1.807) is 7.05 Å². The molecule has 3 aromatic rings. The first-order valence-electron chi connectivity index (χ1n) is 9.64. The lowest BCUT2D eigenvalue weighted by atomic mass is 9.63. The molecule has 0 bridgehead atoms. The van der Waals surface area contributed by atoms with Gasteiger partial charge in [-0.15, -0.1) is 0 Å². The number of aromatic nitrogens is 2. The van der Waals surface area contributed by atoms with Crippen molar-refractivity contribution in [2.24, 2.45) is 19.5 Å². The molecule has 0 amide bonds. The summed E-state index contributed by atoms with van der Waals surface area (Å²) in [7, 11) is 3.01. The maximum Gasteiger partial charge on any atom is 0.333 e. The van der Waals surface area contributed by atoms with E-state index in [4.69, 9.17) is 9.47 Å². The molecule has 0 fully saturated rings. The molecule has 7 nitrogen and oxygen atoms in total. The van der Waals surface area contributed by atoms with Gasteiger partial charge in [-0.25, -0.2) is 4.79 Å². The standard InChI is InChI=1S/C23H19N3O4/c1-25-20(27)17-18-15-10-6-7-11-16(15)29-13-23(18,12-24)19(14-8-4-3-5-9-14)30-21(17)26(2)22(25)28/h3-11,18-19H,13H2,1-2H3/t18-,19+,23-/m1/s1. The van der Waals surface area contributed by atoms with Crippen molar-refractivity contribution < 1.29 is 9.47 Å². The van der Waals surface area contributed by atoms with Gasteiger partial charge >= 0.3 is 5.69 Å². The van der Waals surface area contributed by atoms with E-state index in [-0.39, 0.29) is 12.5 Å². The highest BCUT2D eigenvalue weighted by atomic mass is 16.5. The number of hydrogen-bond donors (Lipinski definition) is 0. The van der Waals surface area contributed by atoms with Gasteiger partial charge in [0.1, 0.15) is 23.9 Å². The Hall–Kier alpha value is -3.79. The van der Waals surface area contributed by atoms with Gasteiger partial charge in [-0.1, -0.05) is 48.5 Å². The molecule has 2 aromatic carbocycles. The average molecular weight is 401 g/mol. The molecule has 150 valence electrons. The van der Waals surface area contributed by atoms with Gasteiger partial charge in [0.25, 0.3) is 5.56 Å². The summed E-state index contributed by atoms with van der Waals surface area (Å²) in [6.07, 6.45) is -0.715. The highest BCUT2D eigenvalue weighted by Gasteiger charge is 2.58. The van der Waals surface area contributed by atoms with Crippen LogP contribution in [0.4, 0.5) is 0 Å². The van der Waals surface area contributed by atoms with Crippen LogP contribution in [0, 0.1) is 16.7 Å². The molecule has 30 heavy (non-hydrogen) atoms. The van der Waals surface area contributed by atoms with Gasteiger partial charge in [-0.05, 0) is 11.6 Å². The maximum atomic E-state index is 13.3. The summed E-state index contributed by atoms with van der Waals surface area (Å²) in [5.41, 5.74) is -0.274. The van der Waals surface area contributed by atoms with Crippen LogP contribution < -0.4 is 20.7 Å². The topological polar surface area (TPSA) is 86.3 Å². The van der Waals surface area contributed by atoms with Crippen LogP contribution in [0.2, 0.25) is 0 Å². The summed E-state index contributed by atoms with van der Waals surface area (Å²) < 4.78 is 14.7. The number of hydrogen-bond acceptors (Lipinski definition) is 5. The Bertz CT molecular complexity index is 1320. The summed E-state index contributed by atoms with van der Waals surface area (Å²) >= 11 is 0. The molecule has 2 aliphatic rings. The molecule has 0 aliphatic carbocycles. The van der Waals surface area contributed by atoms with Crippen LogP contribution in [-0.4, -0.2) is 15.7 Å². The fraction of sp³-hybridized carbons (Fsp3) is 0.261. The normalized spacial score (nSPS) is 23.8. The summed E-state index contributed by atoms with van der Waals surface area (Å²) in [6, 6.07) is 19.2. The molecule has 3 heterocycles. The second kappa shape index (κ2) is 6.36. The van der Waals surface area contributed by atoms with Crippen molar-refractivity contribution in [1.29, 1.82) is 5.26 Å². The molecule has 5 rings (SSSR count). The Balaban J connectivity index is 1.91. The molecule has 2 aliphatic heterocycles. The van der Waals surface area contributed by atoms with Crippen LogP contribution in [0.1, 0.15) is 28.7 Å². The van der Waals surface area contributed by atoms with Crippen molar-refractivity contribution in [3.63, 3.8) is 0 Å². The molecule has 3 atom stereocenters. The number of rotatable bonds is 1. The number of para-hydroxylation sites is 1. The number of benzene rings is 2. The Kier molecular flexibility index (Phi) is 3.87. The predicted octanol–water partition coefficient (Wildman–Crippen LogP) is 2.25. The Labute approximate surface area is 172 Å². The second-order valence-electron chi connectivity index (χ2n) is 7.74. The summed E-state index contributed by atoms with van der Waals surface area (Å²) in [5, 5.41) is 10.5. The third-order valence-electron chi connectivity index (χ3n) is 6.15. The van der Waals surface area contributed by atoms with E-state index in [2.05, 4.69) is 6.07 Å². The third-order valence-corrected chi connectivity index (χ3v) is 6.15. The molecule has 0 N–H and O–H groups in total. The van der Waals surface area contributed by atoms with Gasteiger partial charge in [0.15, 0.2) is 0 Å². The van der Waals surface area contributed by atoms with Crippen LogP contribution >= 0.6 is 0 Å². The van der Waals surface area contributed by atoms with Gasteiger partial charge < -0.3 is 9.47 Å². The van der Waals surface area contributed by atoms with Gasteiger partial charge in [0.05, 0.1) is 11.6 Å². The lowest BCUT2D eigenvalue weighted by Crippen LogP contribution is -2.52. The molecule has 0 radical (unpaired) electrons. The van der Waals surface area contributed by atoms with Gasteiger partial charge in [0, 0.05) is 25.6 Å². The van der Waals surface area contributed by atoms with Crippen LogP contribution in [-0.2, 0) is 14.1 Å². The third kappa shape index (κ3) is 2.25. The van der Waals surface area contributed by atoms with Gasteiger partial charge in [0.2, 0.25) is 5.88 Å². The van der Waals surface area contributed by atoms with E-state index >= 15 is 0 Å². The number of ether oxygens (including phenoxy) is 2. The Morgan fingerprint density at radius 3 is 2.47 bits per heavy atom. The van der Waals surface area contributed by atoms with Crippen LogP contribution in [0.3, 0.4) is 0 Å². The maximum absolute atomic E-state index is 13.3. The molecule has 0 spiro atoms. The minimum atomic E-state index is -1.17. The van der Waals surface area contributed by atoms with Gasteiger partial charge in [-0.2, -0.15) is 5.26 Å². The molecule has 1 aromatic heterocycles. The summed E-state index contributed by atoms with van der Waals surface area (Å²) in [6.45, 7) is 0.0657. The second-order valence-corrected chi connectivity index (χ2v) is 7.74. The van der Waals surface area contributed by atoms with Gasteiger partial charge in [-0.3, -0.25) is 13.9 Å². The highest BCUT2D eigenvalue weighted by Crippen LogP contribution is 2.58. The minimum Gasteiger partial charge on any atom is -0.491 e. The van der Waals surface area contributed by atoms with Crippen molar-refractivity contribution in [1.82, 2.24) is 9.13 Å². The zero-order valence-corrected chi connectivity index (χ0v) is 16.5. The molecular formula is C23H19N3O4. The van der Waals surface area contributed by atoms with Crippen LogP contribution in [0.15, 0.2) is 64.2 Å². The quantitative estimate of drug-likeness (QED) is 0.624. The zero-order valence-electron chi connectivity index (χ0n) is 16.5. The fourth-order valence-electron chi connectivity index (χ4n) is 4.66. The monoisotopic (exact) mass is 401 g/mol. The first kappa shape index (κ1) is 18.3. The van der Waals surface area contributed by atoms with Crippen LogP contribution in [0.25, 0.3) is 0 Å². The highest BCUT2D eigenvalue weighted by molar-refractivity contribution is 5.53. The van der Waals surface area contributed by atoms with Crippen LogP contribution in [0.5, 0.6) is 11.6 Å². The number of fused-ring (bicyclic) bond motifs is 5. The van der Waals surface area contributed by atoms with E-state index in [1.807, 2.05) is 54.6 Å². The van der Waals surface area contributed by atoms with Crippen molar-refractivity contribution in [2.45, 2.75) is 12.0 Å². The molecule has 0 saturated heterocycles. The van der Waals surface area contributed by atoms with Crippen molar-refractivity contribution in [3.8, 4) is 17.7 Å². The predicted molar refractivity (Wildman–Crippen MR) is 109 cm³/mol. The van der Waals surface area contributed by atoms with E-state index in [0.717, 1.165) is 15.7 Å². The lowest BCUT2D eigenvalue weighted by molar-refractivity contribution is -0.00400. The zero-order chi connectivity index (χ0) is 21.0.